The summed E-state index contributed by atoms with van der Waals surface area (Å²) in [6.07, 6.45) is 0. The Morgan fingerprint density at radius 3 is 2.84 bits per heavy atom. The lowest BCUT2D eigenvalue weighted by Crippen LogP contribution is -2.12. The SMILES string of the molecule is Cc1ccc(F)cc1NC(=O)c1ccc(-c2nc3ccccc3s2)o1. The summed E-state index contributed by atoms with van der Waals surface area (Å²) >= 11 is 1.50. The Morgan fingerprint density at radius 2 is 2.00 bits per heavy atom. The Bertz CT molecular complexity index is 1050. The average molecular weight is 352 g/mol. The molecule has 0 unspecified atom stereocenters. The minimum atomic E-state index is -0.430. The van der Waals surface area contributed by atoms with Gasteiger partial charge in [-0.25, -0.2) is 9.37 Å². The van der Waals surface area contributed by atoms with Crippen LogP contribution in [-0.4, -0.2) is 10.9 Å². The van der Waals surface area contributed by atoms with Crippen LogP contribution in [0, 0.1) is 12.7 Å². The Labute approximate surface area is 146 Å². The van der Waals surface area contributed by atoms with Gasteiger partial charge in [0, 0.05) is 5.69 Å². The summed E-state index contributed by atoms with van der Waals surface area (Å²) in [5.74, 6) is -0.156. The molecule has 6 heteroatoms. The van der Waals surface area contributed by atoms with Gasteiger partial charge in [-0.2, -0.15) is 0 Å². The van der Waals surface area contributed by atoms with Crippen molar-refractivity contribution in [2.75, 3.05) is 5.32 Å². The van der Waals surface area contributed by atoms with Crippen LogP contribution < -0.4 is 5.32 Å². The Balaban J connectivity index is 1.60. The molecule has 0 saturated carbocycles. The van der Waals surface area contributed by atoms with Crippen LogP contribution in [0.3, 0.4) is 0 Å². The fourth-order valence-corrected chi connectivity index (χ4v) is 3.39. The van der Waals surface area contributed by atoms with E-state index in [4.69, 9.17) is 4.42 Å². The second kappa shape index (κ2) is 6.14. The molecular formula is C19H13FN2O2S. The summed E-state index contributed by atoms with van der Waals surface area (Å²) in [7, 11) is 0. The fourth-order valence-electron chi connectivity index (χ4n) is 2.47. The van der Waals surface area contributed by atoms with Crippen molar-refractivity contribution in [3.05, 3.63) is 71.7 Å². The van der Waals surface area contributed by atoms with Crippen LogP contribution in [-0.2, 0) is 0 Å². The highest BCUT2D eigenvalue weighted by atomic mass is 32.1. The standard InChI is InChI=1S/C19H13FN2O2S/c1-11-6-7-12(20)10-14(11)21-18(23)15-8-9-16(24-15)19-22-13-4-2-3-5-17(13)25-19/h2-10H,1H3,(H,21,23). The highest BCUT2D eigenvalue weighted by Crippen LogP contribution is 2.31. The molecule has 1 amide bonds. The zero-order chi connectivity index (χ0) is 17.4. The number of thiazole rings is 1. The molecule has 0 atom stereocenters. The number of carbonyl (C=O) groups excluding carboxylic acids is 1. The number of rotatable bonds is 3. The number of fused-ring (bicyclic) bond motifs is 1. The third-order valence-corrected chi connectivity index (χ3v) is 4.83. The molecule has 4 rings (SSSR count). The number of nitrogens with one attached hydrogen (secondary N) is 1. The number of nitrogens with zero attached hydrogens (tertiary/aromatic N) is 1. The Hall–Kier alpha value is -2.99. The molecular weight excluding hydrogens is 339 g/mol. The normalized spacial score (nSPS) is 11.0. The number of aromatic nitrogens is 1. The van der Waals surface area contributed by atoms with E-state index < -0.39 is 11.7 Å². The maximum Gasteiger partial charge on any atom is 0.291 e. The summed E-state index contributed by atoms with van der Waals surface area (Å²) in [6, 6.07) is 15.3. The van der Waals surface area contributed by atoms with Crippen molar-refractivity contribution in [2.45, 2.75) is 6.92 Å². The first-order chi connectivity index (χ1) is 12.1. The summed E-state index contributed by atoms with van der Waals surface area (Å²) in [4.78, 5) is 16.9. The molecule has 1 N–H and O–H groups in total. The first-order valence-electron chi connectivity index (χ1n) is 7.63. The zero-order valence-electron chi connectivity index (χ0n) is 13.2. The number of hydrogen-bond acceptors (Lipinski definition) is 4. The van der Waals surface area contributed by atoms with E-state index in [-0.39, 0.29) is 5.76 Å². The first kappa shape index (κ1) is 15.5. The average Bonchev–Trinajstić information content (AvgIpc) is 3.24. The molecule has 124 valence electrons. The fraction of sp³-hybridized carbons (Fsp3) is 0.0526. The van der Waals surface area contributed by atoms with Crippen molar-refractivity contribution in [1.29, 1.82) is 0 Å². The number of aryl methyl sites for hydroxylation is 1. The van der Waals surface area contributed by atoms with Crippen molar-refractivity contribution >= 4 is 33.1 Å². The molecule has 0 aliphatic carbocycles. The van der Waals surface area contributed by atoms with E-state index in [0.29, 0.717) is 16.5 Å². The van der Waals surface area contributed by atoms with Crippen molar-refractivity contribution in [3.8, 4) is 10.8 Å². The smallest absolute Gasteiger partial charge is 0.291 e. The highest BCUT2D eigenvalue weighted by molar-refractivity contribution is 7.21. The molecule has 0 aliphatic rings. The number of hydrogen-bond donors (Lipinski definition) is 1. The Kier molecular flexibility index (Phi) is 3.82. The van der Waals surface area contributed by atoms with E-state index in [0.717, 1.165) is 15.8 Å². The molecule has 2 aromatic carbocycles. The molecule has 0 bridgehead atoms. The van der Waals surface area contributed by atoms with Crippen LogP contribution in [0.25, 0.3) is 21.0 Å². The number of para-hydroxylation sites is 1. The van der Waals surface area contributed by atoms with Gasteiger partial charge in [-0.05, 0) is 48.9 Å². The number of benzene rings is 2. The molecule has 25 heavy (non-hydrogen) atoms. The quantitative estimate of drug-likeness (QED) is 0.547. The van der Waals surface area contributed by atoms with Gasteiger partial charge in [0.1, 0.15) is 5.82 Å². The monoisotopic (exact) mass is 352 g/mol. The van der Waals surface area contributed by atoms with Crippen LogP contribution in [0.1, 0.15) is 16.1 Å². The van der Waals surface area contributed by atoms with Gasteiger partial charge >= 0.3 is 0 Å². The van der Waals surface area contributed by atoms with Crippen LogP contribution in [0.5, 0.6) is 0 Å². The molecule has 0 fully saturated rings. The van der Waals surface area contributed by atoms with Crippen LogP contribution in [0.15, 0.2) is 59.0 Å². The highest BCUT2D eigenvalue weighted by Gasteiger charge is 2.16. The van der Waals surface area contributed by atoms with Gasteiger partial charge in [0.2, 0.25) is 0 Å². The van der Waals surface area contributed by atoms with Crippen LogP contribution in [0.4, 0.5) is 10.1 Å². The molecule has 0 radical (unpaired) electrons. The maximum atomic E-state index is 13.3. The number of halogens is 1. The number of anilines is 1. The van der Waals surface area contributed by atoms with Crippen LogP contribution >= 0.6 is 11.3 Å². The number of carbonyl (C=O) groups is 1. The second-order valence-electron chi connectivity index (χ2n) is 5.56. The molecule has 4 aromatic rings. The number of furan rings is 1. The van der Waals surface area contributed by atoms with Gasteiger partial charge in [-0.15, -0.1) is 11.3 Å². The van der Waals surface area contributed by atoms with E-state index in [9.17, 15) is 9.18 Å². The molecule has 2 heterocycles. The molecule has 4 nitrogen and oxygen atoms in total. The van der Waals surface area contributed by atoms with E-state index in [1.54, 1.807) is 25.1 Å². The Morgan fingerprint density at radius 1 is 1.16 bits per heavy atom. The van der Waals surface area contributed by atoms with E-state index in [2.05, 4.69) is 10.3 Å². The van der Waals surface area contributed by atoms with E-state index in [1.165, 1.54) is 23.5 Å². The van der Waals surface area contributed by atoms with Gasteiger partial charge < -0.3 is 9.73 Å². The first-order valence-corrected chi connectivity index (χ1v) is 8.45. The number of amides is 1. The summed E-state index contributed by atoms with van der Waals surface area (Å²) in [5.41, 5.74) is 2.08. The van der Waals surface area contributed by atoms with Crippen molar-refractivity contribution in [3.63, 3.8) is 0 Å². The van der Waals surface area contributed by atoms with E-state index >= 15 is 0 Å². The van der Waals surface area contributed by atoms with Gasteiger partial charge in [0.25, 0.3) is 5.91 Å². The van der Waals surface area contributed by atoms with Crippen molar-refractivity contribution in [2.24, 2.45) is 0 Å². The van der Waals surface area contributed by atoms with Crippen molar-refractivity contribution < 1.29 is 13.6 Å². The lowest BCUT2D eigenvalue weighted by atomic mass is 10.2. The minimum Gasteiger partial charge on any atom is -0.448 e. The minimum absolute atomic E-state index is 0.151. The zero-order valence-corrected chi connectivity index (χ0v) is 14.1. The largest absolute Gasteiger partial charge is 0.448 e. The van der Waals surface area contributed by atoms with Gasteiger partial charge in [-0.3, -0.25) is 4.79 Å². The van der Waals surface area contributed by atoms with Gasteiger partial charge in [0.15, 0.2) is 16.5 Å². The van der Waals surface area contributed by atoms with Crippen molar-refractivity contribution in [1.82, 2.24) is 4.98 Å². The lowest BCUT2D eigenvalue weighted by Gasteiger charge is -2.06. The lowest BCUT2D eigenvalue weighted by molar-refractivity contribution is 0.0997. The summed E-state index contributed by atoms with van der Waals surface area (Å²) < 4.78 is 20.0. The third-order valence-electron chi connectivity index (χ3n) is 3.78. The summed E-state index contributed by atoms with van der Waals surface area (Å²) in [6.45, 7) is 1.80. The topological polar surface area (TPSA) is 55.1 Å². The molecule has 2 aromatic heterocycles. The predicted molar refractivity (Wildman–Crippen MR) is 96.4 cm³/mol. The molecule has 0 saturated heterocycles. The maximum absolute atomic E-state index is 13.3. The van der Waals surface area contributed by atoms with Gasteiger partial charge in [-0.1, -0.05) is 18.2 Å². The molecule has 0 spiro atoms. The molecule has 0 aliphatic heterocycles. The third kappa shape index (κ3) is 3.04. The second-order valence-corrected chi connectivity index (χ2v) is 6.59. The van der Waals surface area contributed by atoms with Gasteiger partial charge in [0.05, 0.1) is 10.2 Å². The van der Waals surface area contributed by atoms with Crippen LogP contribution in [0.2, 0.25) is 0 Å². The van der Waals surface area contributed by atoms with E-state index in [1.807, 2.05) is 24.3 Å². The summed E-state index contributed by atoms with van der Waals surface area (Å²) in [5, 5.41) is 3.38. The predicted octanol–water partition coefficient (Wildman–Crippen LogP) is 5.26.